The number of anilines is 1. The number of benzene rings is 2. The minimum Gasteiger partial charge on any atom is -0.308 e. The van der Waals surface area contributed by atoms with Crippen molar-refractivity contribution in [1.29, 1.82) is 0 Å². The van der Waals surface area contributed by atoms with Crippen LogP contribution in [0.25, 0.3) is 20.4 Å². The highest BCUT2D eigenvalue weighted by molar-refractivity contribution is 7.22. The summed E-state index contributed by atoms with van der Waals surface area (Å²) in [5.74, 6) is -0.0226. The van der Waals surface area contributed by atoms with Gasteiger partial charge in [-0.25, -0.2) is 9.97 Å². The molecule has 0 N–H and O–H groups in total. The van der Waals surface area contributed by atoms with Crippen LogP contribution in [0.1, 0.15) is 21.5 Å². The molecule has 0 bridgehead atoms. The van der Waals surface area contributed by atoms with Crippen molar-refractivity contribution >= 4 is 66.6 Å². The predicted molar refractivity (Wildman–Crippen MR) is 126 cm³/mol. The molecule has 8 heteroatoms. The molecule has 0 fully saturated rings. The summed E-state index contributed by atoms with van der Waals surface area (Å²) in [6.07, 6.45) is 0. The number of carbonyl (C=O) groups is 1. The van der Waals surface area contributed by atoms with Crippen molar-refractivity contribution in [3.05, 3.63) is 52.5 Å². The first-order valence-corrected chi connectivity index (χ1v) is 10.8. The van der Waals surface area contributed by atoms with E-state index in [1.807, 2.05) is 37.2 Å². The van der Waals surface area contributed by atoms with E-state index >= 15 is 0 Å². The summed E-state index contributed by atoms with van der Waals surface area (Å²) in [5.41, 5.74) is 6.74. The fraction of sp³-hybridized carbons (Fsp3) is 0.286. The van der Waals surface area contributed by atoms with E-state index in [-0.39, 0.29) is 18.3 Å². The molecular weight excluding hydrogens is 424 g/mol. The minimum absolute atomic E-state index is 0. The van der Waals surface area contributed by atoms with Crippen LogP contribution in [0.2, 0.25) is 0 Å². The van der Waals surface area contributed by atoms with Crippen molar-refractivity contribution in [2.24, 2.45) is 0 Å². The Kier molecular flexibility index (Phi) is 6.53. The van der Waals surface area contributed by atoms with Gasteiger partial charge in [-0.3, -0.25) is 9.69 Å². The zero-order chi connectivity index (χ0) is 19.8. The Balaban J connectivity index is 0.00000240. The van der Waals surface area contributed by atoms with Crippen LogP contribution >= 0.6 is 35.1 Å². The van der Waals surface area contributed by atoms with Gasteiger partial charge in [-0.2, -0.15) is 0 Å². The molecule has 29 heavy (non-hydrogen) atoms. The van der Waals surface area contributed by atoms with Gasteiger partial charge in [0.1, 0.15) is 0 Å². The van der Waals surface area contributed by atoms with Gasteiger partial charge in [0.2, 0.25) is 0 Å². The number of likely N-dealkylation sites (N-methyl/N-ethyl adjacent to an activating group) is 1. The lowest BCUT2D eigenvalue weighted by molar-refractivity contribution is 0.0985. The van der Waals surface area contributed by atoms with Crippen molar-refractivity contribution in [3.8, 4) is 0 Å². The second-order valence-electron chi connectivity index (χ2n) is 7.22. The Morgan fingerprint density at radius 1 is 1.07 bits per heavy atom. The van der Waals surface area contributed by atoms with Crippen LogP contribution in [0.4, 0.5) is 5.13 Å². The largest absolute Gasteiger partial charge is 0.308 e. The number of thiazole rings is 2. The van der Waals surface area contributed by atoms with E-state index in [1.165, 1.54) is 11.1 Å². The molecule has 0 saturated heterocycles. The normalized spacial score (nSPS) is 11.2. The molecule has 2 heterocycles. The van der Waals surface area contributed by atoms with Gasteiger partial charge in [0.25, 0.3) is 5.91 Å². The van der Waals surface area contributed by atoms with Crippen LogP contribution < -0.4 is 4.90 Å². The molecule has 0 aliphatic carbocycles. The van der Waals surface area contributed by atoms with Gasteiger partial charge in [-0.15, -0.1) is 23.7 Å². The lowest BCUT2D eigenvalue weighted by Crippen LogP contribution is -2.36. The van der Waals surface area contributed by atoms with Crippen LogP contribution in [0.15, 0.2) is 35.8 Å². The molecular formula is C21H23ClN4OS2. The number of halogens is 1. The molecule has 152 valence electrons. The molecule has 4 rings (SSSR count). The highest BCUT2D eigenvalue weighted by atomic mass is 35.5. The number of fused-ring (bicyclic) bond motifs is 2. The second kappa shape index (κ2) is 8.75. The number of aromatic nitrogens is 2. The summed E-state index contributed by atoms with van der Waals surface area (Å²) in [5, 5.41) is 0.750. The first kappa shape index (κ1) is 21.6. The Morgan fingerprint density at radius 3 is 2.62 bits per heavy atom. The van der Waals surface area contributed by atoms with Crippen LogP contribution in [-0.2, 0) is 0 Å². The maximum atomic E-state index is 13.4. The Morgan fingerprint density at radius 2 is 1.86 bits per heavy atom. The standard InChI is InChI=1S/C21H22N4OS2.ClH/c1-13-9-14(2)19-17(10-13)23-21(28-19)25(8-7-24(3)4)20(26)15-5-6-16-18(11-15)27-12-22-16;/h5-6,9-12H,7-8H2,1-4H3;1H. The smallest absolute Gasteiger partial charge is 0.260 e. The number of nitrogens with zero attached hydrogens (tertiary/aromatic N) is 4. The fourth-order valence-corrected chi connectivity index (χ4v) is 4.96. The molecule has 0 atom stereocenters. The first-order valence-electron chi connectivity index (χ1n) is 9.10. The third-order valence-corrected chi connectivity index (χ3v) is 6.66. The highest BCUT2D eigenvalue weighted by Gasteiger charge is 2.22. The van der Waals surface area contributed by atoms with Crippen LogP contribution in [0, 0.1) is 13.8 Å². The second-order valence-corrected chi connectivity index (χ2v) is 9.09. The van der Waals surface area contributed by atoms with Crippen LogP contribution in [0.3, 0.4) is 0 Å². The number of hydrogen-bond acceptors (Lipinski definition) is 6. The molecule has 0 unspecified atom stereocenters. The zero-order valence-electron chi connectivity index (χ0n) is 16.8. The van der Waals surface area contributed by atoms with E-state index in [2.05, 4.69) is 35.9 Å². The summed E-state index contributed by atoms with van der Waals surface area (Å²) in [7, 11) is 4.02. The zero-order valence-corrected chi connectivity index (χ0v) is 19.2. The summed E-state index contributed by atoms with van der Waals surface area (Å²) in [6.45, 7) is 5.53. The maximum absolute atomic E-state index is 13.4. The van der Waals surface area contributed by atoms with Crippen LogP contribution in [-0.4, -0.2) is 48.0 Å². The van der Waals surface area contributed by atoms with Gasteiger partial charge in [-0.1, -0.05) is 17.4 Å². The predicted octanol–water partition coefficient (Wildman–Crippen LogP) is 5.15. The van der Waals surface area contributed by atoms with E-state index in [0.29, 0.717) is 12.1 Å². The number of aryl methyl sites for hydroxylation is 2. The molecule has 1 amide bonds. The van der Waals surface area contributed by atoms with Gasteiger partial charge in [-0.05, 0) is 63.3 Å². The third-order valence-electron chi connectivity index (χ3n) is 4.63. The first-order chi connectivity index (χ1) is 13.4. The Bertz CT molecular complexity index is 1170. The minimum atomic E-state index is -0.0226. The van der Waals surface area contributed by atoms with Gasteiger partial charge < -0.3 is 4.90 Å². The van der Waals surface area contributed by atoms with Crippen molar-refractivity contribution in [3.63, 3.8) is 0 Å². The lowest BCUT2D eigenvalue weighted by atomic mass is 10.1. The summed E-state index contributed by atoms with van der Waals surface area (Å²) in [6, 6.07) is 9.94. The molecule has 0 radical (unpaired) electrons. The average Bonchev–Trinajstić information content (AvgIpc) is 3.27. The molecule has 4 aromatic rings. The van der Waals surface area contributed by atoms with Crippen molar-refractivity contribution < 1.29 is 4.79 Å². The van der Waals surface area contributed by atoms with Gasteiger partial charge in [0.15, 0.2) is 5.13 Å². The SMILES string of the molecule is Cc1cc(C)c2sc(N(CCN(C)C)C(=O)c3ccc4ncsc4c3)nc2c1.Cl. The fourth-order valence-electron chi connectivity index (χ4n) is 3.21. The van der Waals surface area contributed by atoms with Crippen molar-refractivity contribution in [2.45, 2.75) is 13.8 Å². The van der Waals surface area contributed by atoms with Crippen molar-refractivity contribution in [1.82, 2.24) is 14.9 Å². The third kappa shape index (κ3) is 4.43. The van der Waals surface area contributed by atoms with E-state index in [9.17, 15) is 4.79 Å². The Hall–Kier alpha value is -2.06. The topological polar surface area (TPSA) is 49.3 Å². The molecule has 0 aliphatic rings. The summed E-state index contributed by atoms with van der Waals surface area (Å²) in [4.78, 5) is 26.4. The lowest BCUT2D eigenvalue weighted by Gasteiger charge is -2.22. The van der Waals surface area contributed by atoms with Gasteiger partial charge in [0.05, 0.1) is 25.9 Å². The molecule has 5 nitrogen and oxygen atoms in total. The summed E-state index contributed by atoms with van der Waals surface area (Å²) >= 11 is 3.14. The van der Waals surface area contributed by atoms with E-state index in [4.69, 9.17) is 4.98 Å². The van der Waals surface area contributed by atoms with Gasteiger partial charge in [0, 0.05) is 18.7 Å². The number of amides is 1. The number of rotatable bonds is 5. The van der Waals surface area contributed by atoms with Gasteiger partial charge >= 0.3 is 0 Å². The van der Waals surface area contributed by atoms with E-state index < -0.39 is 0 Å². The summed E-state index contributed by atoms with van der Waals surface area (Å²) < 4.78 is 2.16. The van der Waals surface area contributed by atoms with E-state index in [1.54, 1.807) is 28.2 Å². The van der Waals surface area contributed by atoms with Crippen molar-refractivity contribution in [2.75, 3.05) is 32.1 Å². The molecule has 0 aliphatic heterocycles. The highest BCUT2D eigenvalue weighted by Crippen LogP contribution is 2.33. The monoisotopic (exact) mass is 446 g/mol. The molecule has 0 saturated carbocycles. The number of hydrogen-bond donors (Lipinski definition) is 0. The maximum Gasteiger partial charge on any atom is 0.260 e. The Labute approximate surface area is 184 Å². The molecule has 2 aromatic heterocycles. The van der Waals surface area contributed by atoms with E-state index in [0.717, 1.165) is 32.1 Å². The average molecular weight is 447 g/mol. The number of carbonyl (C=O) groups excluding carboxylic acids is 1. The molecule has 0 spiro atoms. The van der Waals surface area contributed by atoms with Crippen LogP contribution in [0.5, 0.6) is 0 Å². The molecule has 2 aromatic carbocycles. The quantitative estimate of drug-likeness (QED) is 0.425.